The predicted octanol–water partition coefficient (Wildman–Crippen LogP) is 2.31. The number of fused-ring (bicyclic) bond motifs is 2. The molecule has 6 aromatic rings. The number of nitrogens with zero attached hydrogens (tertiary/aromatic N) is 12. The number of nitro groups is 2. The van der Waals surface area contributed by atoms with Gasteiger partial charge in [0, 0.05) is 85.9 Å². The summed E-state index contributed by atoms with van der Waals surface area (Å²) in [6, 6.07) is 11.8. The molecule has 440 valence electrons. The Bertz CT molecular complexity index is 3360. The molecule has 4 fully saturated rings. The summed E-state index contributed by atoms with van der Waals surface area (Å²) in [6.45, 7) is 1.64. The molecular formula is C52H59IN14O16. The Labute approximate surface area is 485 Å². The van der Waals surface area contributed by atoms with E-state index in [0.29, 0.717) is 64.6 Å². The number of rotatable bonds is 12. The zero-order valence-corrected chi connectivity index (χ0v) is 46.3. The van der Waals surface area contributed by atoms with Gasteiger partial charge in [-0.2, -0.15) is 0 Å². The van der Waals surface area contributed by atoms with Crippen LogP contribution >= 0.6 is 22.6 Å². The number of aliphatic hydroxyl groups is 6. The molecule has 4 saturated heterocycles. The highest BCUT2D eigenvalue weighted by molar-refractivity contribution is 14.1. The van der Waals surface area contributed by atoms with Gasteiger partial charge in [-0.3, -0.25) is 29.4 Å². The van der Waals surface area contributed by atoms with E-state index >= 15 is 0 Å². The average molecular weight is 1260 g/mol. The molecule has 8 atom stereocenters. The van der Waals surface area contributed by atoms with Gasteiger partial charge >= 0.3 is 12.2 Å². The number of carbonyl (C=O) groups is 2. The molecule has 2 amide bonds. The van der Waals surface area contributed by atoms with Crippen LogP contribution in [-0.2, 0) is 32.2 Å². The molecule has 30 nitrogen and oxygen atoms in total. The fraction of sp³-hybridized carbons (Fsp3) is 0.462. The summed E-state index contributed by atoms with van der Waals surface area (Å²) in [7, 11) is 0. The van der Waals surface area contributed by atoms with Crippen molar-refractivity contribution < 1.29 is 69.0 Å². The van der Waals surface area contributed by atoms with Crippen LogP contribution in [0.4, 0.5) is 32.6 Å². The molecule has 0 aliphatic carbocycles. The Morgan fingerprint density at radius 2 is 1.08 bits per heavy atom. The van der Waals surface area contributed by atoms with Crippen LogP contribution < -0.4 is 11.5 Å². The highest BCUT2D eigenvalue weighted by Crippen LogP contribution is 2.34. The summed E-state index contributed by atoms with van der Waals surface area (Å²) in [5.74, 6) is 9.90. The van der Waals surface area contributed by atoms with Gasteiger partial charge in [-0.25, -0.2) is 39.5 Å². The number of aromatic nitrogens is 8. The van der Waals surface area contributed by atoms with Gasteiger partial charge in [0.15, 0.2) is 39.2 Å². The van der Waals surface area contributed by atoms with E-state index in [1.807, 2.05) is 22.6 Å². The topological polar surface area (TPSA) is 424 Å². The van der Waals surface area contributed by atoms with Crippen LogP contribution in [0, 0.1) is 60.1 Å². The summed E-state index contributed by atoms with van der Waals surface area (Å²) < 4.78 is 24.9. The molecule has 31 heteroatoms. The number of benzene rings is 2. The van der Waals surface area contributed by atoms with Crippen molar-refractivity contribution in [1.82, 2.24) is 48.8 Å². The van der Waals surface area contributed by atoms with Gasteiger partial charge in [-0.1, -0.05) is 5.92 Å². The number of nitrogen functional groups attached to an aromatic ring is 2. The second kappa shape index (κ2) is 27.9. The van der Waals surface area contributed by atoms with Gasteiger partial charge in [0.05, 0.1) is 35.7 Å². The number of hydrogen-bond donors (Lipinski definition) is 8. The molecule has 10 rings (SSSR count). The molecule has 4 aliphatic rings. The standard InChI is InChI=1S/C26H29N7O8.C16H18N2O4.C10H12IN5O4/c27-23-20-24(32(14-28-20)25-22(36)21(35)18(12-34)41-25)30-19(29-23)3-1-2-15-8-10-31(11-9-15)26(37)40-13-16-4-6-17(7-5-16)33(38)39;1-2-3-13-8-10-17(11-9-13)16(19)22-12-14-4-6-15(7-5-14)18(20)21;11-10-14-7(12)4-8(15-10)16(2-13-4)9-6(19)5(18)3(1-17)20-9/h4-7,14-15,18,21-22,25,34-36H,2,8-13H2,(H2,27,29,30);1,4-7,13H,3,8-12H2;2-3,5-6,9,17-19H,1H2,(H2,12,14,15)/t18-,21+,22?,25-;;3-,5+,6?,9-/m1.1/s1. The van der Waals surface area contributed by atoms with E-state index in [2.05, 4.69) is 47.7 Å². The van der Waals surface area contributed by atoms with Gasteiger partial charge in [0.2, 0.25) is 5.82 Å². The zero-order chi connectivity index (χ0) is 59.5. The molecule has 4 aromatic heterocycles. The van der Waals surface area contributed by atoms with Crippen molar-refractivity contribution >= 4 is 80.1 Å². The van der Waals surface area contributed by atoms with Gasteiger partial charge in [-0.15, -0.1) is 12.3 Å². The average Bonchev–Trinajstić information content (AvgIpc) is 3.01. The molecule has 2 aromatic carbocycles. The minimum atomic E-state index is -1.30. The Kier molecular flexibility index (Phi) is 20.5. The first-order chi connectivity index (χ1) is 39.9. The molecule has 2 unspecified atom stereocenters. The number of non-ortho nitro benzene ring substituents is 2. The van der Waals surface area contributed by atoms with Crippen LogP contribution in [0.2, 0.25) is 0 Å². The number of amides is 2. The van der Waals surface area contributed by atoms with Crippen molar-refractivity contribution in [2.45, 2.75) is 101 Å². The third-order valence-corrected chi connectivity index (χ3v) is 14.7. The minimum Gasteiger partial charge on any atom is -0.445 e. The van der Waals surface area contributed by atoms with Crippen LogP contribution in [-0.4, -0.2) is 178 Å². The summed E-state index contributed by atoms with van der Waals surface area (Å²) >= 11 is 1.92. The van der Waals surface area contributed by atoms with Crippen molar-refractivity contribution in [3.05, 3.63) is 102 Å². The zero-order valence-electron chi connectivity index (χ0n) is 44.2. The number of ether oxygens (including phenoxy) is 4. The smallest absolute Gasteiger partial charge is 0.410 e. The number of carbonyl (C=O) groups excluding carboxylic acids is 2. The van der Waals surface area contributed by atoms with Crippen LogP contribution in [0.25, 0.3) is 22.3 Å². The third kappa shape index (κ3) is 14.8. The molecule has 4 aliphatic heterocycles. The number of terminal acetylenes is 1. The Hall–Kier alpha value is -7.99. The Balaban J connectivity index is 0.000000180. The lowest BCUT2D eigenvalue weighted by Gasteiger charge is -2.30. The maximum atomic E-state index is 12.4. The fourth-order valence-corrected chi connectivity index (χ4v) is 9.97. The van der Waals surface area contributed by atoms with E-state index in [1.165, 1.54) is 46.1 Å². The number of nitro benzene ring substituents is 2. The minimum absolute atomic E-state index is 0.0191. The molecule has 83 heavy (non-hydrogen) atoms. The molecule has 0 bridgehead atoms. The monoisotopic (exact) mass is 1260 g/mol. The number of piperidine rings is 2. The number of anilines is 2. The van der Waals surface area contributed by atoms with Crippen molar-refractivity contribution in [3.63, 3.8) is 0 Å². The first kappa shape index (κ1) is 61.1. The van der Waals surface area contributed by atoms with E-state index < -0.39 is 78.2 Å². The fourth-order valence-electron chi connectivity index (χ4n) is 9.48. The highest BCUT2D eigenvalue weighted by atomic mass is 127. The van der Waals surface area contributed by atoms with Crippen molar-refractivity contribution in [2.75, 3.05) is 50.9 Å². The number of likely N-dealkylation sites (tertiary alicyclic amines) is 2. The lowest BCUT2D eigenvalue weighted by molar-refractivity contribution is -0.385. The third-order valence-electron chi connectivity index (χ3n) is 14.2. The van der Waals surface area contributed by atoms with E-state index in [9.17, 15) is 55.4 Å². The maximum absolute atomic E-state index is 12.4. The van der Waals surface area contributed by atoms with E-state index in [1.54, 1.807) is 34.1 Å². The van der Waals surface area contributed by atoms with Gasteiger partial charge in [0.1, 0.15) is 60.9 Å². The molecule has 10 N–H and O–H groups in total. The molecule has 0 radical (unpaired) electrons. The highest BCUT2D eigenvalue weighted by Gasteiger charge is 2.45. The number of imidazole rings is 2. The normalized spacial score (nSPS) is 22.6. The van der Waals surface area contributed by atoms with Crippen LogP contribution in [0.5, 0.6) is 0 Å². The number of halogens is 1. The van der Waals surface area contributed by atoms with Gasteiger partial charge in [-0.05, 0) is 78.8 Å². The molecule has 0 saturated carbocycles. The van der Waals surface area contributed by atoms with E-state index in [4.69, 9.17) is 41.9 Å². The largest absolute Gasteiger partial charge is 0.445 e. The number of nitrogens with two attached hydrogens (primary N) is 2. The molecular weight excluding hydrogens is 1200 g/mol. The van der Waals surface area contributed by atoms with Crippen molar-refractivity contribution in [2.24, 2.45) is 11.8 Å². The Morgan fingerprint density at radius 3 is 1.49 bits per heavy atom. The Morgan fingerprint density at radius 1 is 0.663 bits per heavy atom. The first-order valence-electron chi connectivity index (χ1n) is 26.0. The predicted molar refractivity (Wildman–Crippen MR) is 298 cm³/mol. The second-order valence-corrected chi connectivity index (χ2v) is 20.6. The SMILES string of the molecule is C#CCC1CCN(C(=O)OCc2ccc([N+](=O)[O-])cc2)CC1.Nc1nc(C#CCC2CCN(C(=O)OCc3ccc([N+](=O)[O-])cc3)CC2)nc2c1ncn2[C@@H]1O[C@H](CO)[C@H](O)C1O.Nc1nc(I)nc2c1ncn2[C@@H]1O[C@H](CO)[C@H](O)C1O. The van der Waals surface area contributed by atoms with E-state index in [-0.39, 0.29) is 59.7 Å². The van der Waals surface area contributed by atoms with Crippen molar-refractivity contribution in [1.29, 1.82) is 0 Å². The maximum Gasteiger partial charge on any atom is 0.410 e. The van der Waals surface area contributed by atoms with Gasteiger partial charge in [0.25, 0.3) is 11.4 Å². The van der Waals surface area contributed by atoms with Gasteiger partial charge < -0.3 is 70.9 Å². The molecule has 8 heterocycles. The summed E-state index contributed by atoms with van der Waals surface area (Å²) in [5, 5.41) is 80.1. The van der Waals surface area contributed by atoms with E-state index in [0.717, 1.165) is 37.7 Å². The van der Waals surface area contributed by atoms with Crippen molar-refractivity contribution in [3.8, 4) is 24.2 Å². The quantitative estimate of drug-likeness (QED) is 0.0286. The molecule has 0 spiro atoms. The summed E-state index contributed by atoms with van der Waals surface area (Å²) in [5.41, 5.74) is 14.6. The van der Waals surface area contributed by atoms with Crippen LogP contribution in [0.15, 0.2) is 61.2 Å². The summed E-state index contributed by atoms with van der Waals surface area (Å²) in [4.78, 5) is 73.2. The summed E-state index contributed by atoms with van der Waals surface area (Å²) in [6.07, 6.45) is 3.21. The first-order valence-corrected chi connectivity index (χ1v) is 27.1. The van der Waals surface area contributed by atoms with Crippen LogP contribution in [0.3, 0.4) is 0 Å². The van der Waals surface area contributed by atoms with Crippen LogP contribution in [0.1, 0.15) is 67.9 Å². The number of aliphatic hydroxyl groups excluding tert-OH is 6. The lowest BCUT2D eigenvalue weighted by atomic mass is 9.94. The lowest BCUT2D eigenvalue weighted by Crippen LogP contribution is -2.38. The second-order valence-electron chi connectivity index (χ2n) is 19.6. The number of hydrogen-bond acceptors (Lipinski definition) is 24.